The van der Waals surface area contributed by atoms with Crippen LogP contribution in [0.3, 0.4) is 0 Å². The number of anilines is 2. The van der Waals surface area contributed by atoms with Gasteiger partial charge in [0.25, 0.3) is 0 Å². The zero-order valence-corrected chi connectivity index (χ0v) is 16.1. The number of hydrogen-bond donors (Lipinski definition) is 0. The van der Waals surface area contributed by atoms with Gasteiger partial charge < -0.3 is 14.2 Å². The molecule has 0 fully saturated rings. The van der Waals surface area contributed by atoms with Crippen LogP contribution in [0.2, 0.25) is 0 Å². The SMILES string of the molecule is Cc1ccc2c(c1)CN1CN2[C@H](CCCc2ccco2)c2cc(C)ccc21. The van der Waals surface area contributed by atoms with Gasteiger partial charge in [-0.15, -0.1) is 0 Å². The van der Waals surface area contributed by atoms with E-state index < -0.39 is 0 Å². The summed E-state index contributed by atoms with van der Waals surface area (Å²) in [5.74, 6) is 1.09. The Morgan fingerprint density at radius 1 is 1.00 bits per heavy atom. The second kappa shape index (κ2) is 6.49. The minimum Gasteiger partial charge on any atom is -0.469 e. The number of nitrogens with zero attached hydrogens (tertiary/aromatic N) is 2. The molecule has 0 N–H and O–H groups in total. The van der Waals surface area contributed by atoms with Gasteiger partial charge in [0.2, 0.25) is 0 Å². The Bertz CT molecular complexity index is 961. The average molecular weight is 358 g/mol. The van der Waals surface area contributed by atoms with Gasteiger partial charge in [0.05, 0.1) is 19.0 Å². The van der Waals surface area contributed by atoms with Gasteiger partial charge >= 0.3 is 0 Å². The van der Waals surface area contributed by atoms with Crippen molar-refractivity contribution in [3.05, 3.63) is 82.8 Å². The van der Waals surface area contributed by atoms with E-state index in [0.29, 0.717) is 6.04 Å². The Kier molecular flexibility index (Phi) is 3.96. The van der Waals surface area contributed by atoms with Crippen LogP contribution in [-0.4, -0.2) is 6.67 Å². The Labute approximate surface area is 161 Å². The largest absolute Gasteiger partial charge is 0.469 e. The molecule has 27 heavy (non-hydrogen) atoms. The molecule has 2 aromatic carbocycles. The third kappa shape index (κ3) is 2.91. The Morgan fingerprint density at radius 3 is 2.63 bits per heavy atom. The van der Waals surface area contributed by atoms with Crippen molar-refractivity contribution in [2.75, 3.05) is 16.5 Å². The van der Waals surface area contributed by atoms with Crippen LogP contribution in [0.4, 0.5) is 11.4 Å². The van der Waals surface area contributed by atoms with Crippen LogP contribution in [0.15, 0.2) is 59.2 Å². The molecule has 2 aliphatic heterocycles. The number of rotatable bonds is 4. The van der Waals surface area contributed by atoms with Gasteiger partial charge in [-0.2, -0.15) is 0 Å². The van der Waals surface area contributed by atoms with Crippen molar-refractivity contribution in [1.29, 1.82) is 0 Å². The van der Waals surface area contributed by atoms with Gasteiger partial charge in [0, 0.05) is 24.3 Å². The summed E-state index contributed by atoms with van der Waals surface area (Å²) in [4.78, 5) is 5.14. The van der Waals surface area contributed by atoms with E-state index in [0.717, 1.165) is 38.2 Å². The van der Waals surface area contributed by atoms with E-state index in [4.69, 9.17) is 4.42 Å². The van der Waals surface area contributed by atoms with Crippen LogP contribution in [0.5, 0.6) is 0 Å². The highest BCUT2D eigenvalue weighted by atomic mass is 16.3. The lowest BCUT2D eigenvalue weighted by Crippen LogP contribution is -2.48. The summed E-state index contributed by atoms with van der Waals surface area (Å²) in [5, 5.41) is 0. The molecule has 3 aromatic rings. The summed E-state index contributed by atoms with van der Waals surface area (Å²) in [5.41, 5.74) is 8.43. The van der Waals surface area contributed by atoms with E-state index in [-0.39, 0.29) is 0 Å². The molecular weight excluding hydrogens is 332 g/mol. The lowest BCUT2D eigenvalue weighted by molar-refractivity contribution is 0.468. The first kappa shape index (κ1) is 16.5. The highest BCUT2D eigenvalue weighted by Gasteiger charge is 2.35. The fraction of sp³-hybridized carbons (Fsp3) is 0.333. The van der Waals surface area contributed by atoms with Gasteiger partial charge in [-0.1, -0.05) is 35.4 Å². The smallest absolute Gasteiger partial charge is 0.103 e. The van der Waals surface area contributed by atoms with Crippen LogP contribution >= 0.6 is 0 Å². The maximum absolute atomic E-state index is 5.54. The molecule has 0 aliphatic carbocycles. The molecule has 3 heteroatoms. The van der Waals surface area contributed by atoms with E-state index in [1.165, 1.54) is 33.6 Å². The van der Waals surface area contributed by atoms with Crippen molar-refractivity contribution in [3.63, 3.8) is 0 Å². The number of hydrogen-bond acceptors (Lipinski definition) is 3. The second-order valence-electron chi connectivity index (χ2n) is 7.99. The van der Waals surface area contributed by atoms with E-state index in [9.17, 15) is 0 Å². The third-order valence-electron chi connectivity index (χ3n) is 5.97. The Morgan fingerprint density at radius 2 is 1.81 bits per heavy atom. The molecule has 0 unspecified atom stereocenters. The summed E-state index contributed by atoms with van der Waals surface area (Å²) >= 11 is 0. The Hall–Kier alpha value is -2.68. The van der Waals surface area contributed by atoms with E-state index in [1.54, 1.807) is 6.26 Å². The fourth-order valence-electron chi connectivity index (χ4n) is 4.70. The van der Waals surface area contributed by atoms with E-state index in [1.807, 2.05) is 6.07 Å². The molecule has 5 rings (SSSR count). The van der Waals surface area contributed by atoms with Crippen molar-refractivity contribution in [1.82, 2.24) is 0 Å². The minimum absolute atomic E-state index is 0.424. The van der Waals surface area contributed by atoms with E-state index in [2.05, 4.69) is 66.1 Å². The van der Waals surface area contributed by atoms with Gasteiger partial charge in [0.1, 0.15) is 5.76 Å². The predicted molar refractivity (Wildman–Crippen MR) is 110 cm³/mol. The van der Waals surface area contributed by atoms with Crippen LogP contribution in [-0.2, 0) is 13.0 Å². The highest BCUT2D eigenvalue weighted by Crippen LogP contribution is 2.46. The van der Waals surface area contributed by atoms with Gasteiger partial charge in [-0.3, -0.25) is 0 Å². The maximum atomic E-state index is 5.54. The van der Waals surface area contributed by atoms with Gasteiger partial charge in [0.15, 0.2) is 0 Å². The molecule has 3 nitrogen and oxygen atoms in total. The zero-order valence-electron chi connectivity index (χ0n) is 16.1. The molecule has 0 spiro atoms. The number of fused-ring (bicyclic) bond motifs is 6. The maximum Gasteiger partial charge on any atom is 0.103 e. The predicted octanol–water partition coefficient (Wildman–Crippen LogP) is 5.76. The molecule has 1 atom stereocenters. The number of aryl methyl sites for hydroxylation is 3. The summed E-state index contributed by atoms with van der Waals surface area (Å²) in [6, 6.07) is 18.4. The van der Waals surface area contributed by atoms with Crippen LogP contribution in [0.25, 0.3) is 0 Å². The molecule has 1 aromatic heterocycles. The highest BCUT2D eigenvalue weighted by molar-refractivity contribution is 5.70. The van der Waals surface area contributed by atoms with Crippen molar-refractivity contribution >= 4 is 11.4 Å². The fourth-order valence-corrected chi connectivity index (χ4v) is 4.70. The number of furan rings is 1. The second-order valence-corrected chi connectivity index (χ2v) is 7.99. The normalized spacial score (nSPS) is 17.6. The molecule has 0 radical (unpaired) electrons. The summed E-state index contributed by atoms with van der Waals surface area (Å²) in [6.07, 6.45) is 5.04. The Balaban J connectivity index is 1.50. The molecule has 0 saturated carbocycles. The standard InChI is InChI=1S/C24H26N2O/c1-17-8-10-22-19(13-17)15-25-16-26(22)24(7-3-5-20-6-4-12-27-20)21-14-18(2)9-11-23(21)25/h4,6,8-14,24H,3,5,7,15-16H2,1-2H3/t24-/m1/s1. The topological polar surface area (TPSA) is 19.6 Å². The van der Waals surface area contributed by atoms with Crippen molar-refractivity contribution in [2.24, 2.45) is 0 Å². The monoisotopic (exact) mass is 358 g/mol. The molecule has 0 amide bonds. The lowest BCUT2D eigenvalue weighted by atomic mass is 9.90. The average Bonchev–Trinajstić information content (AvgIpc) is 3.17. The first-order chi connectivity index (χ1) is 13.2. The quantitative estimate of drug-likeness (QED) is 0.591. The first-order valence-corrected chi connectivity index (χ1v) is 9.93. The molecule has 138 valence electrons. The molecule has 3 heterocycles. The van der Waals surface area contributed by atoms with Crippen molar-refractivity contribution in [3.8, 4) is 0 Å². The van der Waals surface area contributed by atoms with Crippen molar-refractivity contribution in [2.45, 2.75) is 45.7 Å². The molecule has 2 bridgehead atoms. The molecule has 2 aliphatic rings. The van der Waals surface area contributed by atoms with Gasteiger partial charge in [-0.25, -0.2) is 0 Å². The third-order valence-corrected chi connectivity index (χ3v) is 5.97. The van der Waals surface area contributed by atoms with Crippen molar-refractivity contribution < 1.29 is 4.42 Å². The number of benzene rings is 2. The van der Waals surface area contributed by atoms with Crippen LogP contribution in [0, 0.1) is 13.8 Å². The van der Waals surface area contributed by atoms with Crippen LogP contribution in [0.1, 0.15) is 46.9 Å². The summed E-state index contributed by atoms with van der Waals surface area (Å²) < 4.78 is 5.54. The minimum atomic E-state index is 0.424. The van der Waals surface area contributed by atoms with E-state index >= 15 is 0 Å². The van der Waals surface area contributed by atoms with Crippen LogP contribution < -0.4 is 9.80 Å². The summed E-state index contributed by atoms with van der Waals surface area (Å²) in [6.45, 7) is 6.38. The molecule has 0 saturated heterocycles. The van der Waals surface area contributed by atoms with Gasteiger partial charge in [-0.05, 0) is 62.1 Å². The summed E-state index contributed by atoms with van der Waals surface area (Å²) in [7, 11) is 0. The lowest BCUT2D eigenvalue weighted by Gasteiger charge is -2.49. The zero-order chi connectivity index (χ0) is 18.4. The first-order valence-electron chi connectivity index (χ1n) is 9.93. The molecular formula is C24H26N2O.